The first-order valence-corrected chi connectivity index (χ1v) is 6.70. The van der Waals surface area contributed by atoms with E-state index >= 15 is 0 Å². The highest BCUT2D eigenvalue weighted by molar-refractivity contribution is 6.67. The van der Waals surface area contributed by atoms with E-state index in [1.807, 2.05) is 0 Å². The third-order valence-electron chi connectivity index (χ3n) is 2.75. The highest BCUT2D eigenvalue weighted by atomic mass is 35.5. The second-order valence-corrected chi connectivity index (χ2v) is 5.22. The van der Waals surface area contributed by atoms with Crippen LogP contribution in [0.25, 0.3) is 16.7 Å². The SMILES string of the molecule is O=C(Cl)c1ccc(-n2nc3cc(Cl)c(Cl)cc3n2)cc1. The summed E-state index contributed by atoms with van der Waals surface area (Å²) in [5.41, 5.74) is 2.39. The second-order valence-electron chi connectivity index (χ2n) is 4.07. The van der Waals surface area contributed by atoms with E-state index < -0.39 is 5.24 Å². The van der Waals surface area contributed by atoms with Gasteiger partial charge in [0.15, 0.2) is 0 Å². The Hall–Kier alpha value is -1.62. The molecule has 1 aromatic heterocycles. The minimum atomic E-state index is -0.506. The first-order chi connectivity index (χ1) is 9.54. The standard InChI is InChI=1S/C13H6Cl3N3O/c14-9-5-11-12(6-10(9)15)18-19(17-11)8-3-1-7(2-4-8)13(16)20/h1-6H. The van der Waals surface area contributed by atoms with Crippen molar-refractivity contribution in [3.05, 3.63) is 52.0 Å². The van der Waals surface area contributed by atoms with E-state index in [0.717, 1.165) is 0 Å². The molecule has 0 amide bonds. The van der Waals surface area contributed by atoms with Crippen LogP contribution >= 0.6 is 34.8 Å². The lowest BCUT2D eigenvalue weighted by molar-refractivity contribution is 0.108. The number of benzene rings is 2. The maximum absolute atomic E-state index is 11.0. The monoisotopic (exact) mass is 325 g/mol. The van der Waals surface area contributed by atoms with Gasteiger partial charge in [0.2, 0.25) is 0 Å². The molecule has 0 aliphatic rings. The van der Waals surface area contributed by atoms with Crippen molar-refractivity contribution in [2.24, 2.45) is 0 Å². The number of halogens is 3. The Kier molecular flexibility index (Phi) is 3.38. The van der Waals surface area contributed by atoms with Gasteiger partial charge in [-0.25, -0.2) is 0 Å². The van der Waals surface area contributed by atoms with Gasteiger partial charge in [-0.3, -0.25) is 4.79 Å². The summed E-state index contributed by atoms with van der Waals surface area (Å²) in [6, 6.07) is 9.94. The molecule has 0 saturated carbocycles. The van der Waals surface area contributed by atoms with Crippen LogP contribution < -0.4 is 0 Å². The van der Waals surface area contributed by atoms with Crippen LogP contribution in [-0.4, -0.2) is 20.2 Å². The molecule has 0 bridgehead atoms. The Morgan fingerprint density at radius 1 is 0.950 bits per heavy atom. The fraction of sp³-hybridized carbons (Fsp3) is 0. The van der Waals surface area contributed by atoms with Crippen LogP contribution in [0.2, 0.25) is 10.0 Å². The summed E-state index contributed by atoms with van der Waals surface area (Å²) in [4.78, 5) is 12.5. The normalized spacial score (nSPS) is 10.9. The van der Waals surface area contributed by atoms with Crippen LogP contribution in [0.3, 0.4) is 0 Å². The molecule has 3 aromatic rings. The van der Waals surface area contributed by atoms with Crippen LogP contribution in [0.15, 0.2) is 36.4 Å². The van der Waals surface area contributed by atoms with Crippen molar-refractivity contribution in [3.8, 4) is 5.69 Å². The van der Waals surface area contributed by atoms with Gasteiger partial charge in [0.05, 0.1) is 15.7 Å². The van der Waals surface area contributed by atoms with E-state index in [4.69, 9.17) is 34.8 Å². The van der Waals surface area contributed by atoms with Crippen LogP contribution in [0.5, 0.6) is 0 Å². The average Bonchev–Trinajstić information content (AvgIpc) is 2.82. The van der Waals surface area contributed by atoms with Crippen molar-refractivity contribution in [3.63, 3.8) is 0 Å². The summed E-state index contributed by atoms with van der Waals surface area (Å²) in [6.45, 7) is 0. The number of hydrogen-bond donors (Lipinski definition) is 0. The maximum atomic E-state index is 11.0. The quantitative estimate of drug-likeness (QED) is 0.666. The minimum Gasteiger partial charge on any atom is -0.276 e. The molecule has 4 nitrogen and oxygen atoms in total. The fourth-order valence-corrected chi connectivity index (χ4v) is 2.20. The van der Waals surface area contributed by atoms with E-state index in [0.29, 0.717) is 32.3 Å². The second kappa shape index (κ2) is 5.05. The van der Waals surface area contributed by atoms with E-state index in [9.17, 15) is 4.79 Å². The van der Waals surface area contributed by atoms with E-state index in [1.165, 1.54) is 4.80 Å². The third kappa shape index (κ3) is 2.38. The zero-order valence-electron chi connectivity index (χ0n) is 9.85. The van der Waals surface area contributed by atoms with Crippen molar-refractivity contribution in [2.45, 2.75) is 0 Å². The summed E-state index contributed by atoms with van der Waals surface area (Å²) in [5.74, 6) is 0. The van der Waals surface area contributed by atoms with E-state index in [-0.39, 0.29) is 0 Å². The zero-order chi connectivity index (χ0) is 14.3. The Labute approximate surface area is 128 Å². The molecule has 2 aromatic carbocycles. The Morgan fingerprint density at radius 3 is 1.90 bits per heavy atom. The average molecular weight is 327 g/mol. The molecule has 0 atom stereocenters. The zero-order valence-corrected chi connectivity index (χ0v) is 12.1. The number of nitrogens with zero attached hydrogens (tertiary/aromatic N) is 3. The summed E-state index contributed by atoms with van der Waals surface area (Å²) in [5, 5.41) is 8.95. The van der Waals surface area contributed by atoms with Crippen molar-refractivity contribution < 1.29 is 4.79 Å². The van der Waals surface area contributed by atoms with Gasteiger partial charge in [-0.05, 0) is 48.0 Å². The molecule has 3 rings (SSSR count). The molecule has 0 fully saturated rings. The maximum Gasteiger partial charge on any atom is 0.252 e. The number of aromatic nitrogens is 3. The van der Waals surface area contributed by atoms with Crippen LogP contribution in [0, 0.1) is 0 Å². The Bertz CT molecular complexity index is 773. The summed E-state index contributed by atoms with van der Waals surface area (Å²) < 4.78 is 0. The van der Waals surface area contributed by atoms with Crippen molar-refractivity contribution >= 4 is 51.1 Å². The predicted octanol–water partition coefficient (Wildman–Crippen LogP) is 4.11. The lowest BCUT2D eigenvalue weighted by Gasteiger charge is -1.99. The van der Waals surface area contributed by atoms with Crippen molar-refractivity contribution in [1.29, 1.82) is 0 Å². The fourth-order valence-electron chi connectivity index (χ4n) is 1.75. The first kappa shape index (κ1) is 13.4. The lowest BCUT2D eigenvalue weighted by atomic mass is 10.2. The molecule has 0 aliphatic heterocycles. The van der Waals surface area contributed by atoms with Gasteiger partial charge in [-0.2, -0.15) is 4.80 Å². The van der Waals surface area contributed by atoms with E-state index in [2.05, 4.69) is 10.2 Å². The van der Waals surface area contributed by atoms with Crippen molar-refractivity contribution in [2.75, 3.05) is 0 Å². The van der Waals surface area contributed by atoms with Gasteiger partial charge in [-0.1, -0.05) is 23.2 Å². The van der Waals surface area contributed by atoms with E-state index in [1.54, 1.807) is 36.4 Å². The van der Waals surface area contributed by atoms with Crippen LogP contribution in [0.1, 0.15) is 10.4 Å². The molecular formula is C13H6Cl3N3O. The highest BCUT2D eigenvalue weighted by Crippen LogP contribution is 2.26. The van der Waals surface area contributed by atoms with Gasteiger partial charge < -0.3 is 0 Å². The lowest BCUT2D eigenvalue weighted by Crippen LogP contribution is -1.99. The molecular weight excluding hydrogens is 321 g/mol. The molecule has 0 radical (unpaired) electrons. The topological polar surface area (TPSA) is 47.8 Å². The molecule has 0 spiro atoms. The minimum absolute atomic E-state index is 0.415. The van der Waals surface area contributed by atoms with Gasteiger partial charge in [-0.15, -0.1) is 10.2 Å². The summed E-state index contributed by atoms with van der Waals surface area (Å²) in [6.07, 6.45) is 0. The Balaban J connectivity index is 2.07. The Morgan fingerprint density at radius 2 is 1.45 bits per heavy atom. The van der Waals surface area contributed by atoms with Crippen molar-refractivity contribution in [1.82, 2.24) is 15.0 Å². The van der Waals surface area contributed by atoms with Crippen LogP contribution in [-0.2, 0) is 0 Å². The summed E-state index contributed by atoms with van der Waals surface area (Å²) in [7, 11) is 0. The largest absolute Gasteiger partial charge is 0.276 e. The number of hydrogen-bond acceptors (Lipinski definition) is 3. The first-order valence-electron chi connectivity index (χ1n) is 5.57. The molecule has 7 heteroatoms. The number of fused-ring (bicyclic) bond motifs is 1. The number of rotatable bonds is 2. The third-order valence-corrected chi connectivity index (χ3v) is 3.69. The van der Waals surface area contributed by atoms with Gasteiger partial charge in [0.25, 0.3) is 5.24 Å². The molecule has 0 N–H and O–H groups in total. The summed E-state index contributed by atoms with van der Waals surface area (Å²) >= 11 is 17.3. The molecule has 100 valence electrons. The predicted molar refractivity (Wildman–Crippen MR) is 79.1 cm³/mol. The van der Waals surface area contributed by atoms with Gasteiger partial charge in [0, 0.05) is 5.56 Å². The highest BCUT2D eigenvalue weighted by Gasteiger charge is 2.09. The number of carbonyl (C=O) groups is 1. The van der Waals surface area contributed by atoms with Gasteiger partial charge >= 0.3 is 0 Å². The smallest absolute Gasteiger partial charge is 0.252 e. The van der Waals surface area contributed by atoms with Gasteiger partial charge in [0.1, 0.15) is 11.0 Å². The van der Waals surface area contributed by atoms with Crippen LogP contribution in [0.4, 0.5) is 0 Å². The molecule has 0 aliphatic carbocycles. The molecule has 20 heavy (non-hydrogen) atoms. The molecule has 0 saturated heterocycles. The molecule has 0 unspecified atom stereocenters. The molecule has 1 heterocycles. The number of carbonyl (C=O) groups excluding carboxylic acids is 1.